The van der Waals surface area contributed by atoms with Crippen LogP contribution in [-0.4, -0.2) is 37.4 Å². The van der Waals surface area contributed by atoms with Crippen molar-refractivity contribution in [3.63, 3.8) is 0 Å². The zero-order valence-corrected chi connectivity index (χ0v) is 12.4. The average Bonchev–Trinajstić information content (AvgIpc) is 3.26. The highest BCUT2D eigenvalue weighted by Crippen LogP contribution is 2.39. The first-order chi connectivity index (χ1) is 10.2. The lowest BCUT2D eigenvalue weighted by molar-refractivity contribution is -0.145. The number of epoxide rings is 1. The maximum atomic E-state index is 11.6. The molecule has 2 aliphatic rings. The minimum absolute atomic E-state index is 0.128. The van der Waals surface area contributed by atoms with Crippen LogP contribution in [0.4, 0.5) is 0 Å². The fraction of sp³-hybridized carbons (Fsp3) is 0.750. The molecular weight excluding hydrogens is 272 g/mol. The van der Waals surface area contributed by atoms with Crippen molar-refractivity contribution in [1.82, 2.24) is 0 Å². The second-order valence-electron chi connectivity index (χ2n) is 5.76. The quantitative estimate of drug-likeness (QED) is 0.283. The summed E-state index contributed by atoms with van der Waals surface area (Å²) in [6.07, 6.45) is 8.13. The maximum Gasteiger partial charge on any atom is 0.330 e. The Morgan fingerprint density at radius 3 is 2.76 bits per heavy atom. The van der Waals surface area contributed by atoms with Crippen LogP contribution in [-0.2, 0) is 23.8 Å². The molecule has 0 aromatic heterocycles. The van der Waals surface area contributed by atoms with Gasteiger partial charge in [0.25, 0.3) is 0 Å². The molecule has 0 radical (unpaired) electrons. The summed E-state index contributed by atoms with van der Waals surface area (Å²) in [4.78, 5) is 22.4. The van der Waals surface area contributed by atoms with E-state index in [-0.39, 0.29) is 5.97 Å². The molecule has 2 fully saturated rings. The Morgan fingerprint density at radius 2 is 2.00 bits per heavy atom. The SMILES string of the molecule is C=CC(=O)OCCCCCC(=O)OCC1CCC2OC2C1. The lowest BCUT2D eigenvalue weighted by Gasteiger charge is -2.18. The normalized spacial score (nSPS) is 26.6. The van der Waals surface area contributed by atoms with Gasteiger partial charge in [0.15, 0.2) is 0 Å². The third-order valence-electron chi connectivity index (χ3n) is 4.03. The molecule has 118 valence electrons. The zero-order valence-electron chi connectivity index (χ0n) is 12.4. The number of carbonyl (C=O) groups excluding carboxylic acids is 2. The van der Waals surface area contributed by atoms with Crippen LogP contribution in [0.1, 0.15) is 44.9 Å². The number of unbranched alkanes of at least 4 members (excludes halogenated alkanes) is 2. The fourth-order valence-corrected chi connectivity index (χ4v) is 2.70. The van der Waals surface area contributed by atoms with E-state index in [1.165, 1.54) is 0 Å². The second-order valence-corrected chi connectivity index (χ2v) is 5.76. The summed E-state index contributed by atoms with van der Waals surface area (Å²) in [5, 5.41) is 0. The molecule has 0 bridgehead atoms. The Labute approximate surface area is 125 Å². The van der Waals surface area contributed by atoms with Gasteiger partial charge in [-0.3, -0.25) is 4.79 Å². The Hall–Kier alpha value is -1.36. The van der Waals surface area contributed by atoms with Crippen molar-refractivity contribution in [3.8, 4) is 0 Å². The monoisotopic (exact) mass is 296 g/mol. The molecular formula is C16H24O5. The van der Waals surface area contributed by atoms with E-state index >= 15 is 0 Å². The minimum atomic E-state index is -0.399. The van der Waals surface area contributed by atoms with Gasteiger partial charge in [-0.15, -0.1) is 0 Å². The number of carbonyl (C=O) groups is 2. The highest BCUT2D eigenvalue weighted by Gasteiger charge is 2.43. The van der Waals surface area contributed by atoms with E-state index in [9.17, 15) is 9.59 Å². The minimum Gasteiger partial charge on any atom is -0.465 e. The van der Waals surface area contributed by atoms with Crippen molar-refractivity contribution in [2.75, 3.05) is 13.2 Å². The first-order valence-corrected chi connectivity index (χ1v) is 7.79. The predicted octanol–water partition coefficient (Wildman–Crippen LogP) is 2.39. The molecule has 0 spiro atoms. The van der Waals surface area contributed by atoms with Crippen molar-refractivity contribution >= 4 is 11.9 Å². The first kappa shape index (κ1) is 16.0. The first-order valence-electron chi connectivity index (χ1n) is 7.79. The number of hydrogen-bond donors (Lipinski definition) is 0. The molecule has 1 aliphatic heterocycles. The van der Waals surface area contributed by atoms with Crippen LogP contribution in [0.3, 0.4) is 0 Å². The van der Waals surface area contributed by atoms with Gasteiger partial charge in [0.05, 0.1) is 25.4 Å². The summed E-state index contributed by atoms with van der Waals surface area (Å²) in [6, 6.07) is 0. The zero-order chi connectivity index (χ0) is 15.1. The van der Waals surface area contributed by atoms with E-state index in [1.54, 1.807) is 0 Å². The van der Waals surface area contributed by atoms with Gasteiger partial charge in [-0.1, -0.05) is 6.58 Å². The molecule has 0 N–H and O–H groups in total. The van der Waals surface area contributed by atoms with Gasteiger partial charge >= 0.3 is 11.9 Å². The topological polar surface area (TPSA) is 65.1 Å². The lowest BCUT2D eigenvalue weighted by atomic mass is 9.90. The third-order valence-corrected chi connectivity index (χ3v) is 4.03. The molecule has 3 atom stereocenters. The fourth-order valence-electron chi connectivity index (χ4n) is 2.70. The van der Waals surface area contributed by atoms with Crippen LogP contribution in [0.5, 0.6) is 0 Å². The lowest BCUT2D eigenvalue weighted by Crippen LogP contribution is -2.20. The standard InChI is InChI=1S/C16H24O5/c1-2-15(17)19-9-5-3-4-6-16(18)20-11-12-7-8-13-14(10-12)21-13/h2,12-14H,1,3-11H2. The smallest absolute Gasteiger partial charge is 0.330 e. The summed E-state index contributed by atoms with van der Waals surface area (Å²) >= 11 is 0. The van der Waals surface area contributed by atoms with E-state index in [2.05, 4.69) is 6.58 Å². The molecule has 0 amide bonds. The predicted molar refractivity (Wildman–Crippen MR) is 76.6 cm³/mol. The number of ether oxygens (including phenoxy) is 3. The average molecular weight is 296 g/mol. The Kier molecular flexibility index (Phi) is 6.23. The summed E-state index contributed by atoms with van der Waals surface area (Å²) in [5.41, 5.74) is 0. The molecule has 5 nitrogen and oxygen atoms in total. The Bertz CT molecular complexity index is 379. The van der Waals surface area contributed by atoms with Gasteiger partial charge in [-0.2, -0.15) is 0 Å². The van der Waals surface area contributed by atoms with Crippen LogP contribution >= 0.6 is 0 Å². The van der Waals surface area contributed by atoms with E-state index in [0.29, 0.717) is 37.8 Å². The number of fused-ring (bicyclic) bond motifs is 1. The molecule has 2 rings (SSSR count). The number of esters is 2. The van der Waals surface area contributed by atoms with Crippen LogP contribution in [0.2, 0.25) is 0 Å². The molecule has 1 aliphatic carbocycles. The molecule has 1 saturated carbocycles. The Balaban J connectivity index is 1.42. The molecule has 1 saturated heterocycles. The van der Waals surface area contributed by atoms with Crippen molar-refractivity contribution in [1.29, 1.82) is 0 Å². The van der Waals surface area contributed by atoms with Gasteiger partial charge in [0, 0.05) is 12.5 Å². The summed E-state index contributed by atoms with van der Waals surface area (Å²) in [7, 11) is 0. The molecule has 5 heteroatoms. The highest BCUT2D eigenvalue weighted by atomic mass is 16.6. The van der Waals surface area contributed by atoms with E-state index < -0.39 is 5.97 Å². The van der Waals surface area contributed by atoms with Crippen LogP contribution in [0.15, 0.2) is 12.7 Å². The summed E-state index contributed by atoms with van der Waals surface area (Å²) in [6.45, 7) is 4.23. The van der Waals surface area contributed by atoms with E-state index in [0.717, 1.165) is 44.6 Å². The highest BCUT2D eigenvalue weighted by molar-refractivity contribution is 5.81. The summed E-state index contributed by atoms with van der Waals surface area (Å²) in [5.74, 6) is -0.0586. The molecule has 0 aromatic carbocycles. The maximum absolute atomic E-state index is 11.6. The second kappa shape index (κ2) is 8.17. The van der Waals surface area contributed by atoms with Crippen molar-refractivity contribution in [2.24, 2.45) is 5.92 Å². The van der Waals surface area contributed by atoms with Crippen LogP contribution in [0, 0.1) is 5.92 Å². The number of rotatable bonds is 9. The van der Waals surface area contributed by atoms with Crippen LogP contribution in [0.25, 0.3) is 0 Å². The van der Waals surface area contributed by atoms with Gasteiger partial charge in [0.2, 0.25) is 0 Å². The van der Waals surface area contributed by atoms with E-state index in [4.69, 9.17) is 14.2 Å². The molecule has 1 heterocycles. The molecule has 21 heavy (non-hydrogen) atoms. The van der Waals surface area contributed by atoms with Crippen molar-refractivity contribution in [2.45, 2.75) is 57.2 Å². The molecule has 3 unspecified atom stereocenters. The van der Waals surface area contributed by atoms with Crippen molar-refractivity contribution < 1.29 is 23.8 Å². The van der Waals surface area contributed by atoms with E-state index in [1.807, 2.05) is 0 Å². The third kappa shape index (κ3) is 5.87. The molecule has 0 aromatic rings. The van der Waals surface area contributed by atoms with Gasteiger partial charge in [-0.05, 0) is 44.4 Å². The van der Waals surface area contributed by atoms with Crippen LogP contribution < -0.4 is 0 Å². The van der Waals surface area contributed by atoms with Gasteiger partial charge in [0.1, 0.15) is 0 Å². The Morgan fingerprint density at radius 1 is 1.14 bits per heavy atom. The number of hydrogen-bond acceptors (Lipinski definition) is 5. The van der Waals surface area contributed by atoms with Gasteiger partial charge in [-0.25, -0.2) is 4.79 Å². The summed E-state index contributed by atoms with van der Waals surface area (Å²) < 4.78 is 15.6. The largest absolute Gasteiger partial charge is 0.465 e. The van der Waals surface area contributed by atoms with Crippen molar-refractivity contribution in [3.05, 3.63) is 12.7 Å². The van der Waals surface area contributed by atoms with Gasteiger partial charge < -0.3 is 14.2 Å².